The van der Waals surface area contributed by atoms with Crippen LogP contribution in [0.25, 0.3) is 11.3 Å². The fourth-order valence-electron chi connectivity index (χ4n) is 2.11. The van der Waals surface area contributed by atoms with Gasteiger partial charge in [-0.25, -0.2) is 9.97 Å². The molecule has 0 aliphatic carbocycles. The first-order valence-electron chi connectivity index (χ1n) is 6.51. The maximum atomic E-state index is 12.2. The van der Waals surface area contributed by atoms with Gasteiger partial charge in [0.15, 0.2) is 5.82 Å². The van der Waals surface area contributed by atoms with E-state index >= 15 is 0 Å². The molecule has 0 bridgehead atoms. The molecule has 3 aromatic rings. The number of benzene rings is 1. The molecule has 2 aromatic heterocycles. The highest BCUT2D eigenvalue weighted by Gasteiger charge is 2.14. The Morgan fingerprint density at radius 3 is 2.86 bits per heavy atom. The van der Waals surface area contributed by atoms with Crippen LogP contribution in [0.2, 0.25) is 0 Å². The van der Waals surface area contributed by atoms with Crippen LogP contribution in [0.3, 0.4) is 0 Å². The van der Waals surface area contributed by atoms with Crippen molar-refractivity contribution in [1.29, 1.82) is 5.26 Å². The zero-order valence-electron chi connectivity index (χ0n) is 11.7. The van der Waals surface area contributed by atoms with Crippen molar-refractivity contribution in [2.24, 2.45) is 7.05 Å². The van der Waals surface area contributed by atoms with Crippen LogP contribution >= 0.6 is 0 Å². The Bertz CT molecular complexity index is 870. The molecular weight excluding hydrogens is 280 g/mol. The van der Waals surface area contributed by atoms with E-state index in [1.165, 1.54) is 6.20 Å². The Hall–Kier alpha value is -3.40. The molecule has 0 aliphatic rings. The molecule has 2 heterocycles. The van der Waals surface area contributed by atoms with Gasteiger partial charge in [-0.05, 0) is 6.07 Å². The van der Waals surface area contributed by atoms with E-state index in [1.54, 1.807) is 18.6 Å². The smallest absolute Gasteiger partial charge is 0.291 e. The molecule has 0 spiro atoms. The zero-order chi connectivity index (χ0) is 15.5. The molecule has 0 aliphatic heterocycles. The highest BCUT2D eigenvalue weighted by molar-refractivity contribution is 6.03. The summed E-state index contributed by atoms with van der Waals surface area (Å²) in [7, 11) is 1.88. The van der Waals surface area contributed by atoms with E-state index in [-0.39, 0.29) is 11.5 Å². The van der Waals surface area contributed by atoms with Crippen molar-refractivity contribution >= 4 is 11.6 Å². The first kappa shape index (κ1) is 13.6. The van der Waals surface area contributed by atoms with E-state index in [9.17, 15) is 4.79 Å². The highest BCUT2D eigenvalue weighted by atomic mass is 16.2. The molecular formula is C15H12N6O. The molecule has 2 N–H and O–H groups in total. The number of hydrogen-bond acceptors (Lipinski definition) is 4. The van der Waals surface area contributed by atoms with E-state index in [2.05, 4.69) is 20.3 Å². The van der Waals surface area contributed by atoms with E-state index in [4.69, 9.17) is 5.26 Å². The molecule has 0 atom stereocenters. The molecule has 7 heteroatoms. The quantitative estimate of drug-likeness (QED) is 0.770. The van der Waals surface area contributed by atoms with Crippen LogP contribution in [0.15, 0.2) is 43.0 Å². The van der Waals surface area contributed by atoms with Gasteiger partial charge in [0.2, 0.25) is 0 Å². The first-order valence-corrected chi connectivity index (χ1v) is 6.51. The number of H-pyrrole nitrogens is 1. The lowest BCUT2D eigenvalue weighted by Crippen LogP contribution is -2.14. The van der Waals surface area contributed by atoms with Crippen LogP contribution in [0, 0.1) is 11.3 Å². The van der Waals surface area contributed by atoms with Gasteiger partial charge >= 0.3 is 0 Å². The van der Waals surface area contributed by atoms with E-state index in [0.717, 1.165) is 11.3 Å². The van der Waals surface area contributed by atoms with Crippen LogP contribution in [0.5, 0.6) is 0 Å². The molecule has 0 fully saturated rings. The van der Waals surface area contributed by atoms with E-state index in [1.807, 2.05) is 35.9 Å². The van der Waals surface area contributed by atoms with Gasteiger partial charge in [-0.15, -0.1) is 0 Å². The summed E-state index contributed by atoms with van der Waals surface area (Å²) in [6.07, 6.45) is 4.74. The van der Waals surface area contributed by atoms with Gasteiger partial charge < -0.3 is 14.9 Å². The average Bonchev–Trinajstić information content (AvgIpc) is 3.16. The Kier molecular flexibility index (Phi) is 3.42. The molecule has 22 heavy (non-hydrogen) atoms. The lowest BCUT2D eigenvalue weighted by atomic mass is 10.1. The minimum Gasteiger partial charge on any atom is -0.334 e. The summed E-state index contributed by atoms with van der Waals surface area (Å²) in [6, 6.07) is 9.32. The van der Waals surface area contributed by atoms with Crippen LogP contribution in [-0.2, 0) is 7.05 Å². The predicted molar refractivity (Wildman–Crippen MR) is 79.9 cm³/mol. The number of para-hydroxylation sites is 1. The minimum atomic E-state index is -0.406. The number of nitrogens with one attached hydrogen (secondary N) is 2. The predicted octanol–water partition coefficient (Wildman–Crippen LogP) is 1.93. The number of aromatic amines is 1. The Morgan fingerprint density at radius 2 is 2.18 bits per heavy atom. The molecule has 1 amide bonds. The van der Waals surface area contributed by atoms with E-state index in [0.29, 0.717) is 5.69 Å². The van der Waals surface area contributed by atoms with Crippen molar-refractivity contribution in [3.63, 3.8) is 0 Å². The monoisotopic (exact) mass is 292 g/mol. The number of amides is 1. The lowest BCUT2D eigenvalue weighted by Gasteiger charge is -2.10. The lowest BCUT2D eigenvalue weighted by molar-refractivity contribution is 0.101. The molecule has 1 aromatic carbocycles. The van der Waals surface area contributed by atoms with Gasteiger partial charge in [0.25, 0.3) is 5.91 Å². The molecule has 7 nitrogen and oxygen atoms in total. The van der Waals surface area contributed by atoms with Crippen molar-refractivity contribution < 1.29 is 4.79 Å². The number of anilines is 1. The van der Waals surface area contributed by atoms with Gasteiger partial charge in [0.1, 0.15) is 11.8 Å². The maximum absolute atomic E-state index is 12.2. The highest BCUT2D eigenvalue weighted by Crippen LogP contribution is 2.27. The Balaban J connectivity index is 1.92. The normalized spacial score (nSPS) is 10.2. The van der Waals surface area contributed by atoms with Gasteiger partial charge in [-0.2, -0.15) is 5.26 Å². The first-order chi connectivity index (χ1) is 10.7. The number of hydrogen-bond donors (Lipinski definition) is 2. The Labute approximate surface area is 126 Å². The number of nitriles is 1. The summed E-state index contributed by atoms with van der Waals surface area (Å²) in [6.45, 7) is 0. The van der Waals surface area contributed by atoms with Crippen molar-refractivity contribution in [3.05, 3.63) is 54.5 Å². The van der Waals surface area contributed by atoms with Gasteiger partial charge in [0.05, 0.1) is 30.1 Å². The molecule has 0 radical (unpaired) electrons. The zero-order valence-corrected chi connectivity index (χ0v) is 11.7. The fraction of sp³-hybridized carbons (Fsp3) is 0.0667. The number of imidazole rings is 2. The molecule has 0 saturated carbocycles. The summed E-state index contributed by atoms with van der Waals surface area (Å²) < 4.78 is 1.87. The van der Waals surface area contributed by atoms with Crippen molar-refractivity contribution in [2.75, 3.05) is 5.32 Å². The summed E-state index contributed by atoms with van der Waals surface area (Å²) in [5.41, 5.74) is 2.62. The second-order valence-electron chi connectivity index (χ2n) is 4.65. The van der Waals surface area contributed by atoms with Gasteiger partial charge in [-0.3, -0.25) is 4.79 Å². The van der Waals surface area contributed by atoms with Gasteiger partial charge in [-0.1, -0.05) is 18.2 Å². The van der Waals surface area contributed by atoms with Crippen molar-refractivity contribution in [3.8, 4) is 17.3 Å². The third-order valence-corrected chi connectivity index (χ3v) is 3.18. The van der Waals surface area contributed by atoms with Crippen molar-refractivity contribution in [2.45, 2.75) is 0 Å². The number of carbonyl (C=O) groups is 1. The summed E-state index contributed by atoms with van der Waals surface area (Å²) in [5, 5.41) is 11.6. The molecule has 0 unspecified atom stereocenters. The van der Waals surface area contributed by atoms with E-state index < -0.39 is 5.91 Å². The largest absolute Gasteiger partial charge is 0.334 e. The second kappa shape index (κ2) is 5.54. The summed E-state index contributed by atoms with van der Waals surface area (Å²) >= 11 is 0. The third kappa shape index (κ3) is 2.45. The average molecular weight is 292 g/mol. The SMILES string of the molecule is Cn1cncc1-c1ccccc1NC(=O)c1ncc(C#N)[nH]1. The maximum Gasteiger partial charge on any atom is 0.291 e. The van der Waals surface area contributed by atoms with Crippen molar-refractivity contribution in [1.82, 2.24) is 19.5 Å². The van der Waals surface area contributed by atoms with Crippen LogP contribution in [0.4, 0.5) is 5.69 Å². The molecule has 3 rings (SSSR count). The van der Waals surface area contributed by atoms with Crippen LogP contribution in [-0.4, -0.2) is 25.4 Å². The fourth-order valence-corrected chi connectivity index (χ4v) is 2.11. The summed E-state index contributed by atoms with van der Waals surface area (Å²) in [4.78, 5) is 22.8. The third-order valence-electron chi connectivity index (χ3n) is 3.18. The number of aromatic nitrogens is 4. The molecule has 108 valence electrons. The second-order valence-corrected chi connectivity index (χ2v) is 4.65. The Morgan fingerprint density at radius 1 is 1.36 bits per heavy atom. The van der Waals surface area contributed by atoms with Gasteiger partial charge in [0, 0.05) is 12.6 Å². The topological polar surface area (TPSA) is 99.4 Å². The standard InChI is InChI=1S/C15H12N6O/c1-21-9-17-8-13(21)11-4-2-3-5-12(11)20-15(22)14-18-7-10(6-16)19-14/h2-5,7-9H,1H3,(H,18,19)(H,20,22). The number of aryl methyl sites for hydroxylation is 1. The number of carbonyl (C=O) groups excluding carboxylic acids is 1. The number of rotatable bonds is 3. The summed E-state index contributed by atoms with van der Waals surface area (Å²) in [5.74, 6) is -0.313. The van der Waals surface area contributed by atoms with Crippen LogP contribution in [0.1, 0.15) is 16.3 Å². The van der Waals surface area contributed by atoms with Crippen LogP contribution < -0.4 is 5.32 Å². The molecule has 0 saturated heterocycles. The minimum absolute atomic E-state index is 0.0939. The number of nitrogens with zero attached hydrogens (tertiary/aromatic N) is 4.